The summed E-state index contributed by atoms with van der Waals surface area (Å²) in [4.78, 5) is 28.2. The Hall–Kier alpha value is -3.86. The first-order valence-corrected chi connectivity index (χ1v) is 15.0. The molecule has 1 unspecified atom stereocenters. The Labute approximate surface area is 250 Å². The number of aromatic nitrogens is 2. The van der Waals surface area contributed by atoms with Crippen LogP contribution < -0.4 is 14.4 Å². The Morgan fingerprint density at radius 3 is 2.34 bits per heavy atom. The Morgan fingerprint density at radius 2 is 1.68 bits per heavy atom. The lowest BCUT2D eigenvalue weighted by atomic mass is 9.95. The number of benzene rings is 3. The molecular weight excluding hydrogens is 582 g/mol. The number of thioether (sulfide) groups is 1. The number of hydrogen-bond acceptors (Lipinski definition) is 9. The third kappa shape index (κ3) is 6.24. The number of carbonyl (C=O) groups is 2. The zero-order valence-corrected chi connectivity index (χ0v) is 24.6. The van der Waals surface area contributed by atoms with Gasteiger partial charge in [-0.1, -0.05) is 65.9 Å². The Morgan fingerprint density at radius 1 is 1.00 bits per heavy atom. The summed E-state index contributed by atoms with van der Waals surface area (Å²) in [6, 6.07) is 20.4. The minimum atomic E-state index is -0.917. The molecule has 1 aliphatic heterocycles. The molecule has 5 rings (SSSR count). The summed E-state index contributed by atoms with van der Waals surface area (Å²) in [6.45, 7) is 2.58. The average molecular weight is 608 g/mol. The minimum absolute atomic E-state index is 0.0343. The van der Waals surface area contributed by atoms with E-state index in [0.717, 1.165) is 12.0 Å². The molecule has 210 valence electrons. The van der Waals surface area contributed by atoms with E-state index < -0.39 is 17.7 Å². The van der Waals surface area contributed by atoms with Crippen LogP contribution in [0.3, 0.4) is 0 Å². The molecule has 1 saturated heterocycles. The van der Waals surface area contributed by atoms with Crippen LogP contribution in [-0.2, 0) is 15.3 Å². The molecule has 0 spiro atoms. The highest BCUT2D eigenvalue weighted by Gasteiger charge is 2.48. The predicted octanol–water partition coefficient (Wildman–Crippen LogP) is 6.91. The summed E-state index contributed by atoms with van der Waals surface area (Å²) in [6.07, 6.45) is 0.860. The van der Waals surface area contributed by atoms with Crippen LogP contribution in [-0.4, -0.2) is 40.7 Å². The van der Waals surface area contributed by atoms with Crippen molar-refractivity contribution in [2.24, 2.45) is 0 Å². The maximum Gasteiger partial charge on any atom is 0.301 e. The average Bonchev–Trinajstić information content (AvgIpc) is 3.57. The highest BCUT2D eigenvalue weighted by Crippen LogP contribution is 2.44. The lowest BCUT2D eigenvalue weighted by Crippen LogP contribution is -2.29. The van der Waals surface area contributed by atoms with Crippen molar-refractivity contribution < 1.29 is 24.2 Å². The SMILES string of the molecule is CCCOc1ccc(C2/C(=C(/O)c3ccc(OC)cc3)C(=O)C(=O)N2c2nnc(SCc3ccc(Cl)cc3)s2)cc1. The number of carbonyl (C=O) groups excluding carboxylic acids is 2. The number of aliphatic hydroxyl groups excluding tert-OH is 1. The molecule has 3 aromatic carbocycles. The number of ether oxygens (including phenoxy) is 2. The number of amides is 1. The van der Waals surface area contributed by atoms with E-state index in [1.54, 1.807) is 55.6 Å². The van der Waals surface area contributed by atoms with Gasteiger partial charge < -0.3 is 14.6 Å². The van der Waals surface area contributed by atoms with E-state index in [1.165, 1.54) is 28.0 Å². The van der Waals surface area contributed by atoms with Crippen LogP contribution in [0, 0.1) is 0 Å². The Kier molecular flexibility index (Phi) is 8.92. The van der Waals surface area contributed by atoms with Crippen molar-refractivity contribution in [3.8, 4) is 11.5 Å². The molecule has 1 fully saturated rings. The van der Waals surface area contributed by atoms with Crippen LogP contribution >= 0.6 is 34.7 Å². The van der Waals surface area contributed by atoms with Gasteiger partial charge in [0.05, 0.1) is 25.3 Å². The number of Topliss-reactive ketones (excluding diaryl/α,β-unsaturated/α-hetero) is 1. The van der Waals surface area contributed by atoms with E-state index in [2.05, 4.69) is 10.2 Å². The molecule has 11 heteroatoms. The Bertz CT molecular complexity index is 1570. The van der Waals surface area contributed by atoms with Crippen molar-refractivity contribution >= 4 is 57.3 Å². The van der Waals surface area contributed by atoms with E-state index in [1.807, 2.05) is 31.2 Å². The van der Waals surface area contributed by atoms with Gasteiger partial charge >= 0.3 is 5.91 Å². The number of hydrogen-bond donors (Lipinski definition) is 1. The maximum absolute atomic E-state index is 13.5. The summed E-state index contributed by atoms with van der Waals surface area (Å²) in [5, 5.41) is 20.8. The first kappa shape index (κ1) is 28.7. The lowest BCUT2D eigenvalue weighted by Gasteiger charge is -2.22. The normalized spacial score (nSPS) is 16.3. The second-order valence-corrected chi connectivity index (χ2v) is 11.7. The molecular formula is C30H26ClN3O5S2. The van der Waals surface area contributed by atoms with Gasteiger partial charge in [0.2, 0.25) is 5.13 Å². The molecule has 0 aliphatic carbocycles. The molecule has 1 aromatic heterocycles. The predicted molar refractivity (Wildman–Crippen MR) is 161 cm³/mol. The van der Waals surface area contributed by atoms with Crippen LogP contribution in [0.1, 0.15) is 36.1 Å². The first-order chi connectivity index (χ1) is 19.9. The second kappa shape index (κ2) is 12.8. The van der Waals surface area contributed by atoms with Gasteiger partial charge in [-0.25, -0.2) is 0 Å². The standard InChI is InChI=1S/C30H26ClN3O5S2/c1-3-16-39-23-14-6-19(7-15-23)25-24(26(35)20-8-12-22(38-2)13-9-20)27(36)28(37)34(25)29-32-33-30(41-29)40-17-18-4-10-21(31)11-5-18/h4-15,25,35H,3,16-17H2,1-2H3/b26-24-. The molecule has 0 bridgehead atoms. The van der Waals surface area contributed by atoms with Crippen molar-refractivity contribution in [3.63, 3.8) is 0 Å². The van der Waals surface area contributed by atoms with Crippen molar-refractivity contribution in [3.05, 3.63) is 100 Å². The van der Waals surface area contributed by atoms with Gasteiger partial charge in [-0.2, -0.15) is 0 Å². The van der Waals surface area contributed by atoms with Gasteiger partial charge in [-0.05, 0) is 66.1 Å². The van der Waals surface area contributed by atoms with Gasteiger partial charge in [0.15, 0.2) is 4.34 Å². The number of methoxy groups -OCH3 is 1. The summed E-state index contributed by atoms with van der Waals surface area (Å²) in [7, 11) is 1.54. The second-order valence-electron chi connectivity index (χ2n) is 9.08. The topological polar surface area (TPSA) is 102 Å². The molecule has 1 aliphatic rings. The van der Waals surface area contributed by atoms with Crippen LogP contribution in [0.5, 0.6) is 11.5 Å². The summed E-state index contributed by atoms with van der Waals surface area (Å²) < 4.78 is 11.6. The van der Waals surface area contributed by atoms with E-state index in [4.69, 9.17) is 21.1 Å². The number of ketones is 1. The number of anilines is 1. The lowest BCUT2D eigenvalue weighted by molar-refractivity contribution is -0.132. The molecule has 1 amide bonds. The third-order valence-corrected chi connectivity index (χ3v) is 8.73. The zero-order chi connectivity index (χ0) is 28.9. The van der Waals surface area contributed by atoms with Crippen LogP contribution in [0.4, 0.5) is 5.13 Å². The van der Waals surface area contributed by atoms with Crippen molar-refractivity contribution in [2.75, 3.05) is 18.6 Å². The van der Waals surface area contributed by atoms with E-state index in [0.29, 0.717) is 44.3 Å². The van der Waals surface area contributed by atoms with Gasteiger partial charge in [0.25, 0.3) is 5.78 Å². The van der Waals surface area contributed by atoms with Crippen molar-refractivity contribution in [1.82, 2.24) is 10.2 Å². The summed E-state index contributed by atoms with van der Waals surface area (Å²) in [5.41, 5.74) is 2.02. The highest BCUT2D eigenvalue weighted by atomic mass is 35.5. The molecule has 0 radical (unpaired) electrons. The van der Waals surface area contributed by atoms with E-state index in [-0.39, 0.29) is 16.5 Å². The fourth-order valence-corrected chi connectivity index (χ4v) is 6.25. The van der Waals surface area contributed by atoms with Gasteiger partial charge in [-0.15, -0.1) is 10.2 Å². The van der Waals surface area contributed by atoms with Crippen molar-refractivity contribution in [2.45, 2.75) is 29.5 Å². The fraction of sp³-hybridized carbons (Fsp3) is 0.200. The van der Waals surface area contributed by atoms with Crippen LogP contribution in [0.15, 0.2) is 82.7 Å². The van der Waals surface area contributed by atoms with E-state index in [9.17, 15) is 14.7 Å². The quantitative estimate of drug-likeness (QED) is 0.0682. The van der Waals surface area contributed by atoms with Crippen LogP contribution in [0.25, 0.3) is 5.76 Å². The highest BCUT2D eigenvalue weighted by molar-refractivity contribution is 8.00. The molecule has 2 heterocycles. The largest absolute Gasteiger partial charge is 0.507 e. The third-order valence-electron chi connectivity index (χ3n) is 6.35. The summed E-state index contributed by atoms with van der Waals surface area (Å²) in [5.74, 6) is 0.0110. The molecule has 1 N–H and O–H groups in total. The molecule has 0 saturated carbocycles. The van der Waals surface area contributed by atoms with Gasteiger partial charge in [0.1, 0.15) is 17.3 Å². The summed E-state index contributed by atoms with van der Waals surface area (Å²) >= 11 is 8.66. The van der Waals surface area contributed by atoms with Gasteiger partial charge in [0, 0.05) is 16.3 Å². The smallest absolute Gasteiger partial charge is 0.301 e. The molecule has 41 heavy (non-hydrogen) atoms. The monoisotopic (exact) mass is 607 g/mol. The van der Waals surface area contributed by atoms with Gasteiger partial charge in [-0.3, -0.25) is 14.5 Å². The van der Waals surface area contributed by atoms with E-state index >= 15 is 0 Å². The molecule has 8 nitrogen and oxygen atoms in total. The zero-order valence-electron chi connectivity index (χ0n) is 22.2. The number of rotatable bonds is 10. The maximum atomic E-state index is 13.5. The first-order valence-electron chi connectivity index (χ1n) is 12.8. The van der Waals surface area contributed by atoms with Crippen LogP contribution in [0.2, 0.25) is 5.02 Å². The number of halogens is 1. The molecule has 4 aromatic rings. The van der Waals surface area contributed by atoms with Crippen molar-refractivity contribution in [1.29, 1.82) is 0 Å². The minimum Gasteiger partial charge on any atom is -0.507 e. The fourth-order valence-electron chi connectivity index (χ4n) is 4.30. The Balaban J connectivity index is 1.51. The molecule has 1 atom stereocenters. The number of nitrogens with zero attached hydrogens (tertiary/aromatic N) is 3. The number of aliphatic hydroxyl groups is 1.